The number of aliphatic imine (C=N–C) groups is 1. The number of aliphatic hydroxyl groups excluding tert-OH is 1. The molecule has 0 radical (unpaired) electrons. The van der Waals surface area contributed by atoms with Gasteiger partial charge in [-0.05, 0) is 30.5 Å². The Bertz CT molecular complexity index is 522. The van der Waals surface area contributed by atoms with E-state index in [1.807, 2.05) is 12.1 Å². The van der Waals surface area contributed by atoms with Crippen LogP contribution in [-0.2, 0) is 0 Å². The van der Waals surface area contributed by atoms with E-state index in [9.17, 15) is 5.11 Å². The van der Waals surface area contributed by atoms with E-state index in [1.165, 1.54) is 12.0 Å². The van der Waals surface area contributed by atoms with Crippen LogP contribution in [-0.4, -0.2) is 41.1 Å². The van der Waals surface area contributed by atoms with E-state index in [0.29, 0.717) is 12.6 Å². The van der Waals surface area contributed by atoms with Crippen LogP contribution in [0.25, 0.3) is 0 Å². The highest BCUT2D eigenvalue weighted by molar-refractivity contribution is 8.13. The Labute approximate surface area is 135 Å². The van der Waals surface area contributed by atoms with Gasteiger partial charge in [0.05, 0.1) is 12.6 Å². The topological polar surface area (TPSA) is 35.8 Å². The quantitative estimate of drug-likeness (QED) is 0.919. The summed E-state index contributed by atoms with van der Waals surface area (Å²) in [5.74, 6) is 0.972. The second-order valence-electron chi connectivity index (χ2n) is 6.10. The van der Waals surface area contributed by atoms with Crippen LogP contribution in [0.4, 0.5) is 0 Å². The van der Waals surface area contributed by atoms with Crippen LogP contribution in [0, 0.1) is 5.41 Å². The first-order valence-corrected chi connectivity index (χ1v) is 8.76. The second kappa shape index (κ2) is 6.19. The van der Waals surface area contributed by atoms with Gasteiger partial charge in [-0.25, -0.2) is 0 Å². The molecule has 0 aromatic heterocycles. The SMILES string of the molecule is CN1C(SCC2(CO)CCC2)=NCC1c1ccc(Cl)cc1. The molecule has 2 aliphatic rings. The minimum Gasteiger partial charge on any atom is -0.396 e. The molecule has 1 aliphatic carbocycles. The summed E-state index contributed by atoms with van der Waals surface area (Å²) in [5.41, 5.74) is 1.40. The number of hydrogen-bond donors (Lipinski definition) is 1. The number of nitrogens with zero attached hydrogens (tertiary/aromatic N) is 2. The predicted octanol–water partition coefficient (Wildman–Crippen LogP) is 3.58. The fourth-order valence-corrected chi connectivity index (χ4v) is 4.37. The second-order valence-corrected chi connectivity index (χ2v) is 7.48. The van der Waals surface area contributed by atoms with Crippen molar-refractivity contribution in [1.82, 2.24) is 4.90 Å². The van der Waals surface area contributed by atoms with E-state index < -0.39 is 0 Å². The van der Waals surface area contributed by atoms with Gasteiger partial charge in [0.15, 0.2) is 5.17 Å². The number of hydrogen-bond acceptors (Lipinski definition) is 4. The van der Waals surface area contributed by atoms with Crippen molar-refractivity contribution in [2.45, 2.75) is 25.3 Å². The predicted molar refractivity (Wildman–Crippen MR) is 90.1 cm³/mol. The summed E-state index contributed by atoms with van der Waals surface area (Å²) in [5, 5.41) is 11.4. The molecule has 5 heteroatoms. The summed E-state index contributed by atoms with van der Waals surface area (Å²) < 4.78 is 0. The van der Waals surface area contributed by atoms with Gasteiger partial charge in [0.1, 0.15) is 0 Å². The maximum atomic E-state index is 9.55. The Morgan fingerprint density at radius 2 is 2.10 bits per heavy atom. The summed E-state index contributed by atoms with van der Waals surface area (Å²) in [4.78, 5) is 6.93. The van der Waals surface area contributed by atoms with Crippen LogP contribution in [0.5, 0.6) is 0 Å². The van der Waals surface area contributed by atoms with Crippen LogP contribution in [0.2, 0.25) is 5.02 Å². The molecule has 0 spiro atoms. The highest BCUT2D eigenvalue weighted by atomic mass is 35.5. The van der Waals surface area contributed by atoms with E-state index in [4.69, 9.17) is 11.6 Å². The molecule has 0 bridgehead atoms. The Kier molecular flexibility index (Phi) is 4.48. The molecule has 21 heavy (non-hydrogen) atoms. The molecule has 3 nitrogen and oxygen atoms in total. The fraction of sp³-hybridized carbons (Fsp3) is 0.562. The maximum Gasteiger partial charge on any atom is 0.159 e. The minimum absolute atomic E-state index is 0.145. The van der Waals surface area contributed by atoms with E-state index in [-0.39, 0.29) is 5.41 Å². The first-order chi connectivity index (χ1) is 10.1. The lowest BCUT2D eigenvalue weighted by molar-refractivity contribution is 0.0687. The molecule has 1 heterocycles. The van der Waals surface area contributed by atoms with Gasteiger partial charge in [0.2, 0.25) is 0 Å². The summed E-state index contributed by atoms with van der Waals surface area (Å²) in [6.07, 6.45) is 3.54. The van der Waals surface area contributed by atoms with Crippen LogP contribution in [0.3, 0.4) is 0 Å². The van der Waals surface area contributed by atoms with Gasteiger partial charge in [-0.3, -0.25) is 4.99 Å². The van der Waals surface area contributed by atoms with Crippen LogP contribution < -0.4 is 0 Å². The number of thioether (sulfide) groups is 1. The zero-order valence-corrected chi connectivity index (χ0v) is 13.8. The largest absolute Gasteiger partial charge is 0.396 e. The molecule has 114 valence electrons. The van der Waals surface area contributed by atoms with E-state index >= 15 is 0 Å². The molecule has 0 amide bonds. The molecule has 0 saturated heterocycles. The van der Waals surface area contributed by atoms with Crippen molar-refractivity contribution in [3.63, 3.8) is 0 Å². The lowest BCUT2D eigenvalue weighted by Gasteiger charge is -2.40. The Balaban J connectivity index is 1.60. The molecule has 1 saturated carbocycles. The Hall–Kier alpha value is -0.710. The van der Waals surface area contributed by atoms with Gasteiger partial charge in [0.25, 0.3) is 0 Å². The fourth-order valence-electron chi connectivity index (χ4n) is 2.94. The van der Waals surface area contributed by atoms with Crippen molar-refractivity contribution in [1.29, 1.82) is 0 Å². The number of benzene rings is 1. The molecule has 1 N–H and O–H groups in total. The third-order valence-corrected chi connectivity index (χ3v) is 6.36. The molecule has 1 aliphatic heterocycles. The van der Waals surface area contributed by atoms with E-state index in [1.54, 1.807) is 11.8 Å². The molecule has 1 aromatic rings. The monoisotopic (exact) mass is 324 g/mol. The third kappa shape index (κ3) is 3.08. The standard InChI is InChI=1S/C16H21ClN2OS/c1-19-14(12-3-5-13(17)6-4-12)9-18-15(19)21-11-16(10-20)7-2-8-16/h3-6,14,20H,2,7-11H2,1H3. The molecular weight excluding hydrogens is 304 g/mol. The van der Waals surface area contributed by atoms with Crippen molar-refractivity contribution in [2.75, 3.05) is 26.0 Å². The Morgan fingerprint density at radius 1 is 1.38 bits per heavy atom. The molecule has 1 atom stereocenters. The van der Waals surface area contributed by atoms with Crippen molar-refractivity contribution >= 4 is 28.5 Å². The molecule has 1 aromatic carbocycles. The van der Waals surface area contributed by atoms with Crippen LogP contribution in [0.1, 0.15) is 30.9 Å². The lowest BCUT2D eigenvalue weighted by atomic mass is 9.71. The van der Waals surface area contributed by atoms with Gasteiger partial charge >= 0.3 is 0 Å². The third-order valence-electron chi connectivity index (χ3n) is 4.68. The summed E-state index contributed by atoms with van der Waals surface area (Å²) in [6, 6.07) is 8.33. The maximum absolute atomic E-state index is 9.55. The van der Waals surface area contributed by atoms with Crippen LogP contribution >= 0.6 is 23.4 Å². The smallest absolute Gasteiger partial charge is 0.159 e. The first-order valence-electron chi connectivity index (χ1n) is 7.40. The number of halogens is 1. The van der Waals surface area contributed by atoms with E-state index in [2.05, 4.69) is 29.1 Å². The molecule has 1 unspecified atom stereocenters. The van der Waals surface area contributed by atoms with Crippen molar-refractivity contribution in [3.8, 4) is 0 Å². The molecule has 1 fully saturated rings. The summed E-state index contributed by atoms with van der Waals surface area (Å²) >= 11 is 7.74. The number of amidine groups is 1. The first kappa shape index (κ1) is 15.2. The zero-order chi connectivity index (χ0) is 14.9. The van der Waals surface area contributed by atoms with Crippen LogP contribution in [0.15, 0.2) is 29.3 Å². The number of aliphatic hydroxyl groups is 1. The van der Waals surface area contributed by atoms with Gasteiger partial charge in [-0.2, -0.15) is 0 Å². The summed E-state index contributed by atoms with van der Waals surface area (Å²) in [6.45, 7) is 1.10. The van der Waals surface area contributed by atoms with Gasteiger partial charge < -0.3 is 10.0 Å². The Morgan fingerprint density at radius 3 is 2.67 bits per heavy atom. The minimum atomic E-state index is 0.145. The average Bonchev–Trinajstić information content (AvgIpc) is 2.81. The lowest BCUT2D eigenvalue weighted by Crippen LogP contribution is -2.37. The summed E-state index contributed by atoms with van der Waals surface area (Å²) in [7, 11) is 2.10. The normalized spacial score (nSPS) is 23.9. The number of likely N-dealkylation sites (N-methyl/N-ethyl adjacent to an activating group) is 1. The zero-order valence-electron chi connectivity index (χ0n) is 12.3. The van der Waals surface area contributed by atoms with Crippen molar-refractivity contribution in [2.24, 2.45) is 10.4 Å². The highest BCUT2D eigenvalue weighted by Crippen LogP contribution is 2.44. The van der Waals surface area contributed by atoms with E-state index in [0.717, 1.165) is 35.3 Å². The number of rotatable bonds is 4. The molecular formula is C16H21ClN2OS. The van der Waals surface area contributed by atoms with Gasteiger partial charge in [-0.1, -0.05) is 41.9 Å². The highest BCUT2D eigenvalue weighted by Gasteiger charge is 2.37. The van der Waals surface area contributed by atoms with Gasteiger partial charge in [-0.15, -0.1) is 0 Å². The van der Waals surface area contributed by atoms with Gasteiger partial charge in [0, 0.05) is 29.8 Å². The average molecular weight is 325 g/mol. The van der Waals surface area contributed by atoms with Crippen molar-refractivity contribution < 1.29 is 5.11 Å². The van der Waals surface area contributed by atoms with Crippen molar-refractivity contribution in [3.05, 3.63) is 34.9 Å². The molecule has 3 rings (SSSR count).